The van der Waals surface area contributed by atoms with E-state index in [0.717, 1.165) is 34.9 Å². The van der Waals surface area contributed by atoms with Crippen LogP contribution in [0.3, 0.4) is 0 Å². The number of rotatable bonds is 8. The fourth-order valence-electron chi connectivity index (χ4n) is 1.84. The maximum atomic E-state index is 9.85. The number of aliphatic hydroxyl groups is 1. The van der Waals surface area contributed by atoms with E-state index in [1.807, 2.05) is 18.2 Å². The monoisotopic (exact) mass is 295 g/mol. The van der Waals surface area contributed by atoms with Crippen LogP contribution in [0.15, 0.2) is 23.4 Å². The lowest BCUT2D eigenvalue weighted by atomic mass is 10.3. The molecule has 0 aliphatic carbocycles. The van der Waals surface area contributed by atoms with Gasteiger partial charge in [-0.3, -0.25) is 0 Å². The first-order chi connectivity index (χ1) is 9.72. The van der Waals surface area contributed by atoms with Gasteiger partial charge in [-0.1, -0.05) is 18.7 Å². The van der Waals surface area contributed by atoms with Crippen LogP contribution in [0.4, 0.5) is 0 Å². The summed E-state index contributed by atoms with van der Waals surface area (Å²) in [6.07, 6.45) is 0.708. The van der Waals surface area contributed by atoms with Gasteiger partial charge in [-0.15, -0.1) is 0 Å². The molecule has 2 rings (SSSR count). The topological polar surface area (TPSA) is 70.2 Å². The Bertz CT molecular complexity index is 544. The third-order valence-corrected chi connectivity index (χ3v) is 3.90. The average Bonchev–Trinajstić information content (AvgIpc) is 2.87. The van der Waals surface area contributed by atoms with Crippen LogP contribution in [0.25, 0.3) is 11.0 Å². The lowest BCUT2D eigenvalue weighted by Gasteiger charge is -2.09. The lowest BCUT2D eigenvalue weighted by molar-refractivity contribution is 0.196. The Balaban J connectivity index is 1.89. The van der Waals surface area contributed by atoms with Crippen LogP contribution in [0.5, 0.6) is 5.75 Å². The Morgan fingerprint density at radius 2 is 2.35 bits per heavy atom. The van der Waals surface area contributed by atoms with Crippen molar-refractivity contribution in [3.8, 4) is 5.75 Å². The van der Waals surface area contributed by atoms with Crippen LogP contribution in [-0.4, -0.2) is 47.1 Å². The molecule has 0 aliphatic heterocycles. The number of thioether (sulfide) groups is 1. The summed E-state index contributed by atoms with van der Waals surface area (Å²) in [6.45, 7) is 3.66. The number of hydrogen-bond donors (Lipinski definition) is 3. The number of fused-ring (bicyclic) bond motifs is 1. The Kier molecular flexibility index (Phi) is 5.70. The first-order valence-corrected chi connectivity index (χ1v) is 7.76. The molecule has 20 heavy (non-hydrogen) atoms. The summed E-state index contributed by atoms with van der Waals surface area (Å²) in [7, 11) is 1.65. The van der Waals surface area contributed by atoms with Gasteiger partial charge in [0, 0.05) is 18.4 Å². The number of aromatic amines is 1. The van der Waals surface area contributed by atoms with E-state index in [0.29, 0.717) is 12.3 Å². The molecule has 0 saturated heterocycles. The molecule has 0 saturated carbocycles. The Morgan fingerprint density at radius 3 is 3.10 bits per heavy atom. The van der Waals surface area contributed by atoms with Crippen molar-refractivity contribution < 1.29 is 9.84 Å². The van der Waals surface area contributed by atoms with Crippen molar-refractivity contribution in [1.29, 1.82) is 0 Å². The molecule has 0 spiro atoms. The van der Waals surface area contributed by atoms with Gasteiger partial charge in [0.15, 0.2) is 5.16 Å². The Labute approximate surface area is 123 Å². The van der Waals surface area contributed by atoms with E-state index in [2.05, 4.69) is 22.2 Å². The highest BCUT2D eigenvalue weighted by Gasteiger charge is 2.08. The molecule has 2 aromatic rings. The summed E-state index contributed by atoms with van der Waals surface area (Å²) < 4.78 is 5.18. The number of aromatic nitrogens is 2. The van der Waals surface area contributed by atoms with Gasteiger partial charge in [-0.05, 0) is 25.1 Å². The predicted molar refractivity (Wildman–Crippen MR) is 82.5 cm³/mol. The number of imidazole rings is 1. The van der Waals surface area contributed by atoms with Gasteiger partial charge in [-0.25, -0.2) is 4.98 Å². The second-order valence-corrected chi connectivity index (χ2v) is 5.60. The van der Waals surface area contributed by atoms with Crippen molar-refractivity contribution >= 4 is 22.8 Å². The van der Waals surface area contributed by atoms with Crippen LogP contribution < -0.4 is 10.1 Å². The summed E-state index contributed by atoms with van der Waals surface area (Å²) >= 11 is 1.53. The summed E-state index contributed by atoms with van der Waals surface area (Å²) in [4.78, 5) is 7.71. The maximum absolute atomic E-state index is 9.85. The fraction of sp³-hybridized carbons (Fsp3) is 0.500. The van der Waals surface area contributed by atoms with Crippen molar-refractivity contribution in [2.24, 2.45) is 0 Å². The van der Waals surface area contributed by atoms with Gasteiger partial charge in [-0.2, -0.15) is 0 Å². The van der Waals surface area contributed by atoms with Crippen LogP contribution in [0.1, 0.15) is 13.3 Å². The van der Waals surface area contributed by atoms with Crippen LogP contribution in [-0.2, 0) is 0 Å². The van der Waals surface area contributed by atoms with Crippen molar-refractivity contribution in [1.82, 2.24) is 15.3 Å². The molecule has 1 heterocycles. The molecule has 110 valence electrons. The van der Waals surface area contributed by atoms with Gasteiger partial charge in [0.1, 0.15) is 5.75 Å². The quantitative estimate of drug-likeness (QED) is 0.513. The molecule has 0 radical (unpaired) electrons. The minimum Gasteiger partial charge on any atom is -0.497 e. The van der Waals surface area contributed by atoms with Gasteiger partial charge >= 0.3 is 0 Å². The molecular formula is C14H21N3O2S. The van der Waals surface area contributed by atoms with Crippen molar-refractivity contribution in [2.75, 3.05) is 26.0 Å². The van der Waals surface area contributed by atoms with Crippen LogP contribution in [0, 0.1) is 0 Å². The third kappa shape index (κ3) is 4.13. The molecule has 5 nitrogen and oxygen atoms in total. The van der Waals surface area contributed by atoms with E-state index in [9.17, 15) is 5.11 Å². The van der Waals surface area contributed by atoms with Crippen LogP contribution in [0.2, 0.25) is 0 Å². The highest BCUT2D eigenvalue weighted by atomic mass is 32.2. The molecule has 1 atom stereocenters. The number of hydrogen-bond acceptors (Lipinski definition) is 5. The Morgan fingerprint density at radius 1 is 1.50 bits per heavy atom. The van der Waals surface area contributed by atoms with Gasteiger partial charge in [0.25, 0.3) is 0 Å². The zero-order valence-electron chi connectivity index (χ0n) is 11.8. The molecule has 1 aromatic heterocycles. The fourth-order valence-corrected chi connectivity index (χ4v) is 2.65. The predicted octanol–water partition coefficient (Wildman–Crippen LogP) is 2.02. The van der Waals surface area contributed by atoms with Crippen molar-refractivity contribution in [3.05, 3.63) is 18.2 Å². The van der Waals surface area contributed by atoms with E-state index in [-0.39, 0.29) is 6.10 Å². The van der Waals surface area contributed by atoms with Crippen LogP contribution >= 0.6 is 11.8 Å². The second-order valence-electron chi connectivity index (χ2n) is 4.59. The van der Waals surface area contributed by atoms with E-state index in [1.165, 1.54) is 11.8 Å². The molecule has 1 aromatic carbocycles. The number of benzene rings is 1. The lowest BCUT2D eigenvalue weighted by Crippen LogP contribution is -2.28. The van der Waals surface area contributed by atoms with E-state index < -0.39 is 0 Å². The standard InChI is InChI=1S/C14H21N3O2S/c1-3-6-15-8-10(18)9-20-14-16-12-5-4-11(19-2)7-13(12)17-14/h4-5,7,10,15,18H,3,6,8-9H2,1-2H3,(H,16,17). The molecular weight excluding hydrogens is 274 g/mol. The number of nitrogens with zero attached hydrogens (tertiary/aromatic N) is 1. The molecule has 0 aliphatic rings. The number of methoxy groups -OCH3 is 1. The van der Waals surface area contributed by atoms with E-state index in [4.69, 9.17) is 4.74 Å². The normalized spacial score (nSPS) is 12.8. The smallest absolute Gasteiger partial charge is 0.166 e. The molecule has 6 heteroatoms. The second kappa shape index (κ2) is 7.52. The highest BCUT2D eigenvalue weighted by molar-refractivity contribution is 7.99. The minimum absolute atomic E-state index is 0.366. The van der Waals surface area contributed by atoms with Gasteiger partial charge in [0.05, 0.1) is 24.2 Å². The number of H-pyrrole nitrogens is 1. The summed E-state index contributed by atoms with van der Waals surface area (Å²) in [5, 5.41) is 13.9. The van der Waals surface area contributed by atoms with Gasteiger partial charge < -0.3 is 20.1 Å². The minimum atomic E-state index is -0.366. The number of aliphatic hydroxyl groups excluding tert-OH is 1. The first-order valence-electron chi connectivity index (χ1n) is 6.78. The Hall–Kier alpha value is -1.24. The third-order valence-electron chi connectivity index (χ3n) is 2.89. The molecule has 3 N–H and O–H groups in total. The summed E-state index contributed by atoms with van der Waals surface area (Å²) in [5.41, 5.74) is 1.86. The summed E-state index contributed by atoms with van der Waals surface area (Å²) in [6, 6.07) is 5.74. The zero-order chi connectivity index (χ0) is 14.4. The SMILES string of the molecule is CCCNCC(O)CSc1nc2ccc(OC)cc2[nH]1. The summed E-state index contributed by atoms with van der Waals surface area (Å²) in [5.74, 6) is 1.43. The highest BCUT2D eigenvalue weighted by Crippen LogP contribution is 2.23. The molecule has 1 unspecified atom stereocenters. The van der Waals surface area contributed by atoms with E-state index >= 15 is 0 Å². The van der Waals surface area contributed by atoms with Crippen molar-refractivity contribution in [3.63, 3.8) is 0 Å². The molecule has 0 amide bonds. The zero-order valence-corrected chi connectivity index (χ0v) is 12.7. The van der Waals surface area contributed by atoms with Crippen molar-refractivity contribution in [2.45, 2.75) is 24.6 Å². The average molecular weight is 295 g/mol. The first kappa shape index (κ1) is 15.2. The largest absolute Gasteiger partial charge is 0.497 e. The van der Waals surface area contributed by atoms with E-state index in [1.54, 1.807) is 7.11 Å². The van der Waals surface area contributed by atoms with Gasteiger partial charge in [0.2, 0.25) is 0 Å². The molecule has 0 fully saturated rings. The number of ether oxygens (including phenoxy) is 1. The maximum Gasteiger partial charge on any atom is 0.166 e. The number of nitrogens with one attached hydrogen (secondary N) is 2. The molecule has 0 bridgehead atoms.